The van der Waals surface area contributed by atoms with Gasteiger partial charge in [-0.05, 0) is 25.5 Å². The van der Waals surface area contributed by atoms with E-state index >= 15 is 0 Å². The Balaban J connectivity index is 1.35. The summed E-state index contributed by atoms with van der Waals surface area (Å²) >= 11 is 0. The first-order valence-corrected chi connectivity index (χ1v) is 9.27. The number of carbonyl (C=O) groups excluding carboxylic acids is 2. The fraction of sp³-hybridized carbons (Fsp3) is 0.227. The molecule has 0 bridgehead atoms. The zero-order chi connectivity index (χ0) is 20.5. The van der Waals surface area contributed by atoms with Crippen molar-refractivity contribution in [2.45, 2.75) is 19.8 Å². The van der Waals surface area contributed by atoms with Gasteiger partial charge in [-0.1, -0.05) is 53.2 Å². The number of carbonyl (C=O) groups is 2. The van der Waals surface area contributed by atoms with Crippen molar-refractivity contribution in [1.29, 1.82) is 0 Å². The average molecular weight is 394 g/mol. The smallest absolute Gasteiger partial charge is 0.306 e. The van der Waals surface area contributed by atoms with Crippen LogP contribution in [-0.2, 0) is 14.3 Å². The Kier molecular flexibility index (Phi) is 7.00. The SMILES string of the molecule is Cc1ccc(-c2cc(NC(=O)COC(=O)CCCOc3ccccc3)on2)cc1. The van der Waals surface area contributed by atoms with Gasteiger partial charge in [-0.3, -0.25) is 14.9 Å². The van der Waals surface area contributed by atoms with Gasteiger partial charge in [0.25, 0.3) is 5.91 Å². The van der Waals surface area contributed by atoms with E-state index in [-0.39, 0.29) is 18.9 Å². The van der Waals surface area contributed by atoms with Crippen molar-refractivity contribution >= 4 is 17.8 Å². The van der Waals surface area contributed by atoms with Crippen LogP contribution in [-0.4, -0.2) is 30.2 Å². The predicted molar refractivity (Wildman–Crippen MR) is 107 cm³/mol. The second kappa shape index (κ2) is 10.1. The molecule has 1 aromatic heterocycles. The molecule has 1 heterocycles. The molecule has 0 fully saturated rings. The summed E-state index contributed by atoms with van der Waals surface area (Å²) in [4.78, 5) is 23.7. The van der Waals surface area contributed by atoms with Gasteiger partial charge in [-0.25, -0.2) is 0 Å². The summed E-state index contributed by atoms with van der Waals surface area (Å²) in [6, 6.07) is 18.7. The van der Waals surface area contributed by atoms with Crippen LogP contribution in [0.25, 0.3) is 11.3 Å². The van der Waals surface area contributed by atoms with Crippen LogP contribution in [0.2, 0.25) is 0 Å². The normalized spacial score (nSPS) is 10.4. The van der Waals surface area contributed by atoms with E-state index in [9.17, 15) is 9.59 Å². The molecule has 0 saturated heterocycles. The van der Waals surface area contributed by atoms with Crippen molar-refractivity contribution in [1.82, 2.24) is 5.16 Å². The molecule has 0 aliphatic heterocycles. The molecular formula is C22H22N2O5. The van der Waals surface area contributed by atoms with Gasteiger partial charge in [0.15, 0.2) is 6.61 Å². The second-order valence-corrected chi connectivity index (χ2v) is 6.42. The van der Waals surface area contributed by atoms with Gasteiger partial charge in [-0.15, -0.1) is 0 Å². The number of anilines is 1. The third-order valence-corrected chi connectivity index (χ3v) is 4.02. The molecule has 1 N–H and O–H groups in total. The Morgan fingerprint density at radius 1 is 1.07 bits per heavy atom. The van der Waals surface area contributed by atoms with Crippen molar-refractivity contribution in [2.75, 3.05) is 18.5 Å². The van der Waals surface area contributed by atoms with E-state index in [0.29, 0.717) is 18.7 Å². The molecule has 150 valence electrons. The number of para-hydroxylation sites is 1. The number of ether oxygens (including phenoxy) is 2. The van der Waals surface area contributed by atoms with Crippen LogP contribution in [0, 0.1) is 6.92 Å². The maximum Gasteiger partial charge on any atom is 0.306 e. The first kappa shape index (κ1) is 20.1. The van der Waals surface area contributed by atoms with Crippen molar-refractivity contribution in [3.63, 3.8) is 0 Å². The Hall–Kier alpha value is -3.61. The molecule has 3 rings (SSSR count). The summed E-state index contributed by atoms with van der Waals surface area (Å²) in [5.74, 6) is -0.0181. The number of esters is 1. The summed E-state index contributed by atoms with van der Waals surface area (Å²) in [6.45, 7) is 2.00. The van der Waals surface area contributed by atoms with E-state index in [4.69, 9.17) is 14.0 Å². The lowest BCUT2D eigenvalue weighted by Gasteiger charge is -2.06. The van der Waals surface area contributed by atoms with Gasteiger partial charge < -0.3 is 14.0 Å². The number of aryl methyl sites for hydroxylation is 1. The molecule has 0 atom stereocenters. The Morgan fingerprint density at radius 2 is 1.83 bits per heavy atom. The van der Waals surface area contributed by atoms with E-state index in [1.54, 1.807) is 6.07 Å². The second-order valence-electron chi connectivity index (χ2n) is 6.42. The van der Waals surface area contributed by atoms with Crippen LogP contribution >= 0.6 is 0 Å². The fourth-order valence-electron chi connectivity index (χ4n) is 2.51. The van der Waals surface area contributed by atoms with E-state index in [2.05, 4.69) is 10.5 Å². The Labute approximate surface area is 168 Å². The summed E-state index contributed by atoms with van der Waals surface area (Å²) in [7, 11) is 0. The van der Waals surface area contributed by atoms with Crippen molar-refractivity contribution in [2.24, 2.45) is 0 Å². The molecule has 0 unspecified atom stereocenters. The maximum atomic E-state index is 11.9. The number of hydrogen-bond acceptors (Lipinski definition) is 6. The average Bonchev–Trinajstić information content (AvgIpc) is 3.19. The van der Waals surface area contributed by atoms with Gasteiger partial charge in [-0.2, -0.15) is 0 Å². The van der Waals surface area contributed by atoms with Gasteiger partial charge in [0.1, 0.15) is 11.4 Å². The first-order chi connectivity index (χ1) is 14.1. The number of aromatic nitrogens is 1. The molecule has 29 heavy (non-hydrogen) atoms. The van der Waals surface area contributed by atoms with Gasteiger partial charge in [0.2, 0.25) is 5.88 Å². The monoisotopic (exact) mass is 394 g/mol. The third kappa shape index (κ3) is 6.49. The zero-order valence-corrected chi connectivity index (χ0v) is 16.1. The molecule has 7 nitrogen and oxygen atoms in total. The molecular weight excluding hydrogens is 372 g/mol. The minimum Gasteiger partial charge on any atom is -0.494 e. The topological polar surface area (TPSA) is 90.7 Å². The highest BCUT2D eigenvalue weighted by Crippen LogP contribution is 2.22. The number of hydrogen-bond donors (Lipinski definition) is 1. The zero-order valence-electron chi connectivity index (χ0n) is 16.1. The molecule has 1 amide bonds. The van der Waals surface area contributed by atoms with Crippen LogP contribution in [0.3, 0.4) is 0 Å². The number of amides is 1. The van der Waals surface area contributed by atoms with Crippen LogP contribution in [0.1, 0.15) is 18.4 Å². The quantitative estimate of drug-likeness (QED) is 0.436. The highest BCUT2D eigenvalue weighted by molar-refractivity contribution is 5.92. The lowest BCUT2D eigenvalue weighted by atomic mass is 10.1. The summed E-state index contributed by atoms with van der Waals surface area (Å²) in [6.07, 6.45) is 0.664. The Morgan fingerprint density at radius 3 is 2.59 bits per heavy atom. The van der Waals surface area contributed by atoms with Crippen molar-refractivity contribution in [3.05, 3.63) is 66.2 Å². The minimum atomic E-state index is -0.495. The molecule has 3 aromatic rings. The van der Waals surface area contributed by atoms with Crippen LogP contribution in [0.15, 0.2) is 65.2 Å². The number of nitrogens with zero attached hydrogens (tertiary/aromatic N) is 1. The fourth-order valence-corrected chi connectivity index (χ4v) is 2.51. The molecule has 0 aliphatic carbocycles. The molecule has 0 saturated carbocycles. The molecule has 7 heteroatoms. The van der Waals surface area contributed by atoms with Gasteiger partial charge >= 0.3 is 5.97 Å². The number of benzene rings is 2. The van der Waals surface area contributed by atoms with E-state index < -0.39 is 11.9 Å². The third-order valence-electron chi connectivity index (χ3n) is 4.02. The first-order valence-electron chi connectivity index (χ1n) is 9.27. The molecule has 0 spiro atoms. The van der Waals surface area contributed by atoms with E-state index in [1.165, 1.54) is 0 Å². The predicted octanol–water partition coefficient (Wildman–Crippen LogP) is 3.99. The molecule has 0 aliphatic rings. The minimum absolute atomic E-state index is 0.167. The summed E-state index contributed by atoms with van der Waals surface area (Å²) < 4.78 is 15.6. The van der Waals surface area contributed by atoms with Crippen molar-refractivity contribution < 1.29 is 23.6 Å². The van der Waals surface area contributed by atoms with Crippen molar-refractivity contribution in [3.8, 4) is 17.0 Å². The lowest BCUT2D eigenvalue weighted by molar-refractivity contribution is -0.147. The molecule has 2 aromatic carbocycles. The van der Waals surface area contributed by atoms with E-state index in [0.717, 1.165) is 16.9 Å². The van der Waals surface area contributed by atoms with Crippen LogP contribution < -0.4 is 10.1 Å². The largest absolute Gasteiger partial charge is 0.494 e. The standard InChI is InChI=1S/C22H22N2O5/c1-16-9-11-17(12-10-16)19-14-21(29-24-19)23-20(25)15-28-22(26)8-5-13-27-18-6-3-2-4-7-18/h2-4,6-7,9-12,14H,5,8,13,15H2,1H3,(H,23,25). The van der Waals surface area contributed by atoms with Gasteiger partial charge in [0, 0.05) is 18.1 Å². The number of rotatable bonds is 9. The lowest BCUT2D eigenvalue weighted by Crippen LogP contribution is -2.20. The summed E-state index contributed by atoms with van der Waals surface area (Å²) in [5.41, 5.74) is 2.62. The van der Waals surface area contributed by atoms with Crippen LogP contribution in [0.5, 0.6) is 5.75 Å². The maximum absolute atomic E-state index is 11.9. The highest BCUT2D eigenvalue weighted by atomic mass is 16.5. The number of nitrogens with one attached hydrogen (secondary N) is 1. The van der Waals surface area contributed by atoms with Crippen LogP contribution in [0.4, 0.5) is 5.88 Å². The Bertz CT molecular complexity index is 935. The molecule has 0 radical (unpaired) electrons. The summed E-state index contributed by atoms with van der Waals surface area (Å²) in [5, 5.41) is 6.45. The highest BCUT2D eigenvalue weighted by Gasteiger charge is 2.12. The van der Waals surface area contributed by atoms with Gasteiger partial charge in [0.05, 0.1) is 6.61 Å². The van der Waals surface area contributed by atoms with E-state index in [1.807, 2.05) is 61.5 Å².